The minimum absolute atomic E-state index is 0.167. The monoisotopic (exact) mass is 277 g/mol. The first-order valence-corrected chi connectivity index (χ1v) is 7.47. The molecule has 0 aliphatic carbocycles. The summed E-state index contributed by atoms with van der Waals surface area (Å²) in [4.78, 5) is 1.36. The maximum absolute atomic E-state index is 13.1. The zero-order chi connectivity index (χ0) is 13.8. The van der Waals surface area contributed by atoms with E-state index in [0.29, 0.717) is 12.0 Å². The number of halogens is 1. The quantitative estimate of drug-likeness (QED) is 0.836. The van der Waals surface area contributed by atoms with E-state index in [1.165, 1.54) is 10.9 Å². The van der Waals surface area contributed by atoms with Crippen molar-refractivity contribution in [2.75, 3.05) is 0 Å². The number of benzene rings is 1. The predicted octanol–water partition coefficient (Wildman–Crippen LogP) is 4.68. The van der Waals surface area contributed by atoms with Gasteiger partial charge in [-0.15, -0.1) is 11.3 Å². The molecular formula is C16H20FNS. The average molecular weight is 277 g/mol. The van der Waals surface area contributed by atoms with E-state index in [1.807, 2.05) is 13.0 Å². The Labute approximate surface area is 118 Å². The molecule has 1 N–H and O–H groups in total. The molecule has 1 atom stereocenters. The molecule has 3 heteroatoms. The van der Waals surface area contributed by atoms with Crippen molar-refractivity contribution in [3.05, 3.63) is 57.5 Å². The van der Waals surface area contributed by atoms with E-state index in [-0.39, 0.29) is 5.82 Å². The van der Waals surface area contributed by atoms with Gasteiger partial charge in [0.25, 0.3) is 0 Å². The maximum Gasteiger partial charge on any atom is 0.123 e. The summed E-state index contributed by atoms with van der Waals surface area (Å²) in [6.07, 6.45) is 0. The minimum atomic E-state index is -0.167. The number of aryl methyl sites for hydroxylation is 1. The van der Waals surface area contributed by atoms with Crippen LogP contribution in [0.3, 0.4) is 0 Å². The summed E-state index contributed by atoms with van der Waals surface area (Å²) < 4.78 is 13.1. The summed E-state index contributed by atoms with van der Waals surface area (Å²) in [5.41, 5.74) is 2.16. The normalized spacial score (nSPS) is 12.9. The SMILES string of the molecule is Cc1cc(F)ccc1CNC(c1cccs1)C(C)C. The van der Waals surface area contributed by atoms with Gasteiger partial charge >= 0.3 is 0 Å². The van der Waals surface area contributed by atoms with E-state index >= 15 is 0 Å². The smallest absolute Gasteiger partial charge is 0.123 e. The number of nitrogens with one attached hydrogen (secondary N) is 1. The first-order valence-electron chi connectivity index (χ1n) is 6.59. The van der Waals surface area contributed by atoms with E-state index in [4.69, 9.17) is 0 Å². The molecular weight excluding hydrogens is 257 g/mol. The van der Waals surface area contributed by atoms with Crippen LogP contribution in [-0.2, 0) is 6.54 Å². The van der Waals surface area contributed by atoms with Crippen LogP contribution in [0.1, 0.15) is 35.9 Å². The van der Waals surface area contributed by atoms with E-state index in [9.17, 15) is 4.39 Å². The van der Waals surface area contributed by atoms with Crippen molar-refractivity contribution in [2.45, 2.75) is 33.4 Å². The summed E-state index contributed by atoms with van der Waals surface area (Å²) in [5.74, 6) is 0.360. The molecule has 2 aromatic rings. The van der Waals surface area contributed by atoms with Crippen LogP contribution >= 0.6 is 11.3 Å². The number of hydrogen-bond donors (Lipinski definition) is 1. The Bertz CT molecular complexity index is 520. The fourth-order valence-corrected chi connectivity index (χ4v) is 3.18. The Morgan fingerprint density at radius 2 is 2.05 bits per heavy atom. The lowest BCUT2D eigenvalue weighted by molar-refractivity contribution is 0.416. The molecule has 1 aromatic heterocycles. The fourth-order valence-electron chi connectivity index (χ4n) is 2.21. The van der Waals surface area contributed by atoms with Gasteiger partial charge in [-0.25, -0.2) is 4.39 Å². The Hall–Kier alpha value is -1.19. The van der Waals surface area contributed by atoms with E-state index in [2.05, 4.69) is 36.7 Å². The lowest BCUT2D eigenvalue weighted by Crippen LogP contribution is -2.24. The molecule has 0 fully saturated rings. The summed E-state index contributed by atoms with van der Waals surface area (Å²) in [6, 6.07) is 9.58. The highest BCUT2D eigenvalue weighted by molar-refractivity contribution is 7.10. The molecule has 0 bridgehead atoms. The Kier molecular flexibility index (Phi) is 4.72. The van der Waals surface area contributed by atoms with Crippen LogP contribution < -0.4 is 5.32 Å². The van der Waals surface area contributed by atoms with E-state index < -0.39 is 0 Å². The lowest BCUT2D eigenvalue weighted by atomic mass is 10.0. The molecule has 1 aromatic carbocycles. The highest BCUT2D eigenvalue weighted by Crippen LogP contribution is 2.26. The molecule has 1 unspecified atom stereocenters. The van der Waals surface area contributed by atoms with Gasteiger partial charge in [0.15, 0.2) is 0 Å². The fraction of sp³-hybridized carbons (Fsp3) is 0.375. The van der Waals surface area contributed by atoms with Crippen LogP contribution in [0.25, 0.3) is 0 Å². The highest BCUT2D eigenvalue weighted by Gasteiger charge is 2.16. The lowest BCUT2D eigenvalue weighted by Gasteiger charge is -2.22. The standard InChI is InChI=1S/C16H20FNS/c1-11(2)16(15-5-4-8-19-15)18-10-13-6-7-14(17)9-12(13)3/h4-9,11,16,18H,10H2,1-3H3. The van der Waals surface area contributed by atoms with Gasteiger partial charge in [0, 0.05) is 17.5 Å². The summed E-state index contributed by atoms with van der Waals surface area (Å²) in [5, 5.41) is 5.69. The summed E-state index contributed by atoms with van der Waals surface area (Å²) in [7, 11) is 0. The summed E-state index contributed by atoms with van der Waals surface area (Å²) >= 11 is 1.78. The third-order valence-corrected chi connectivity index (χ3v) is 4.29. The van der Waals surface area contributed by atoms with Gasteiger partial charge in [-0.2, -0.15) is 0 Å². The van der Waals surface area contributed by atoms with Crippen molar-refractivity contribution in [1.82, 2.24) is 5.32 Å². The van der Waals surface area contributed by atoms with Gasteiger partial charge < -0.3 is 5.32 Å². The zero-order valence-electron chi connectivity index (χ0n) is 11.6. The van der Waals surface area contributed by atoms with Crippen LogP contribution in [-0.4, -0.2) is 0 Å². The minimum Gasteiger partial charge on any atom is -0.305 e. The van der Waals surface area contributed by atoms with Crippen molar-refractivity contribution in [1.29, 1.82) is 0 Å². The van der Waals surface area contributed by atoms with E-state index in [1.54, 1.807) is 17.4 Å². The van der Waals surface area contributed by atoms with Crippen LogP contribution in [0.2, 0.25) is 0 Å². The van der Waals surface area contributed by atoms with Gasteiger partial charge in [-0.3, -0.25) is 0 Å². The molecule has 102 valence electrons. The number of rotatable bonds is 5. The van der Waals surface area contributed by atoms with Crippen molar-refractivity contribution in [3.63, 3.8) is 0 Å². The van der Waals surface area contributed by atoms with Crippen molar-refractivity contribution < 1.29 is 4.39 Å². The molecule has 1 nitrogen and oxygen atoms in total. The third-order valence-electron chi connectivity index (χ3n) is 3.33. The Balaban J connectivity index is 2.07. The second-order valence-electron chi connectivity index (χ2n) is 5.19. The highest BCUT2D eigenvalue weighted by atomic mass is 32.1. The molecule has 0 aliphatic rings. The number of thiophene rings is 1. The van der Waals surface area contributed by atoms with Gasteiger partial charge in [0.2, 0.25) is 0 Å². The van der Waals surface area contributed by atoms with Crippen molar-refractivity contribution in [2.24, 2.45) is 5.92 Å². The average Bonchev–Trinajstić information content (AvgIpc) is 2.85. The predicted molar refractivity (Wildman–Crippen MR) is 79.9 cm³/mol. The second-order valence-corrected chi connectivity index (χ2v) is 6.17. The Morgan fingerprint density at radius 3 is 2.63 bits per heavy atom. The topological polar surface area (TPSA) is 12.0 Å². The van der Waals surface area contributed by atoms with Crippen LogP contribution in [0.15, 0.2) is 35.7 Å². The largest absolute Gasteiger partial charge is 0.305 e. The molecule has 2 rings (SSSR count). The van der Waals surface area contributed by atoms with E-state index in [0.717, 1.165) is 17.7 Å². The third kappa shape index (κ3) is 3.64. The van der Waals surface area contributed by atoms with Gasteiger partial charge in [-0.05, 0) is 47.5 Å². The molecule has 0 aliphatic heterocycles. The molecule has 0 amide bonds. The first kappa shape index (κ1) is 14.2. The van der Waals surface area contributed by atoms with Crippen molar-refractivity contribution >= 4 is 11.3 Å². The second kappa shape index (κ2) is 6.31. The molecule has 0 saturated heterocycles. The Morgan fingerprint density at radius 1 is 1.26 bits per heavy atom. The number of hydrogen-bond acceptors (Lipinski definition) is 2. The zero-order valence-corrected chi connectivity index (χ0v) is 12.4. The van der Waals surface area contributed by atoms with Gasteiger partial charge in [-0.1, -0.05) is 26.0 Å². The van der Waals surface area contributed by atoms with Gasteiger partial charge in [0.05, 0.1) is 0 Å². The molecule has 1 heterocycles. The molecule has 0 radical (unpaired) electrons. The van der Waals surface area contributed by atoms with Crippen molar-refractivity contribution in [3.8, 4) is 0 Å². The van der Waals surface area contributed by atoms with Crippen LogP contribution in [0.4, 0.5) is 4.39 Å². The summed E-state index contributed by atoms with van der Waals surface area (Å²) in [6.45, 7) is 7.16. The van der Waals surface area contributed by atoms with Crippen LogP contribution in [0, 0.1) is 18.7 Å². The first-order chi connectivity index (χ1) is 9.08. The molecule has 19 heavy (non-hydrogen) atoms. The van der Waals surface area contributed by atoms with Crippen LogP contribution in [0.5, 0.6) is 0 Å². The maximum atomic E-state index is 13.1. The molecule has 0 saturated carbocycles. The van der Waals surface area contributed by atoms with Gasteiger partial charge in [0.1, 0.15) is 5.82 Å². The molecule has 0 spiro atoms.